The molecule has 1 aliphatic rings. The molecular formula is C23H27ClN4O3. The highest BCUT2D eigenvalue weighted by Crippen LogP contribution is 2.21. The molecule has 0 spiro atoms. The molecule has 3 rings (SSSR count). The Hall–Kier alpha value is -2.90. The van der Waals surface area contributed by atoms with E-state index in [2.05, 4.69) is 15.5 Å². The maximum Gasteiger partial charge on any atom is 0.251 e. The third-order valence-corrected chi connectivity index (χ3v) is 5.51. The lowest BCUT2D eigenvalue weighted by molar-refractivity contribution is -0.122. The van der Waals surface area contributed by atoms with Gasteiger partial charge in [0.15, 0.2) is 0 Å². The third kappa shape index (κ3) is 6.80. The van der Waals surface area contributed by atoms with Gasteiger partial charge in [-0.15, -0.1) is 0 Å². The molecule has 4 N–H and O–H groups in total. The van der Waals surface area contributed by atoms with E-state index in [-0.39, 0.29) is 23.8 Å². The van der Waals surface area contributed by atoms with Crippen molar-refractivity contribution in [2.45, 2.75) is 38.3 Å². The van der Waals surface area contributed by atoms with Gasteiger partial charge in [0.05, 0.1) is 6.04 Å². The molecule has 0 radical (unpaired) electrons. The predicted octanol–water partition coefficient (Wildman–Crippen LogP) is 2.94. The molecule has 1 unspecified atom stereocenters. The molecule has 0 aliphatic carbocycles. The van der Waals surface area contributed by atoms with E-state index in [4.69, 9.17) is 17.3 Å². The van der Waals surface area contributed by atoms with E-state index in [1.807, 2.05) is 24.3 Å². The highest BCUT2D eigenvalue weighted by molar-refractivity contribution is 6.30. The summed E-state index contributed by atoms with van der Waals surface area (Å²) in [4.78, 5) is 37.9. The molecule has 1 heterocycles. The fourth-order valence-electron chi connectivity index (χ4n) is 3.70. The van der Waals surface area contributed by atoms with Crippen LogP contribution in [0.2, 0.25) is 5.02 Å². The van der Waals surface area contributed by atoms with Gasteiger partial charge in [-0.3, -0.25) is 19.3 Å². The molecule has 2 aromatic carbocycles. The Labute approximate surface area is 186 Å². The summed E-state index contributed by atoms with van der Waals surface area (Å²) >= 11 is 5.82. The smallest absolute Gasteiger partial charge is 0.251 e. The summed E-state index contributed by atoms with van der Waals surface area (Å²) in [5.41, 5.74) is 7.74. The number of likely N-dealkylation sites (tertiary alicyclic amines) is 1. The summed E-state index contributed by atoms with van der Waals surface area (Å²) < 4.78 is 0. The normalized spacial score (nSPS) is 16.1. The highest BCUT2D eigenvalue weighted by Gasteiger charge is 2.28. The van der Waals surface area contributed by atoms with Gasteiger partial charge in [0, 0.05) is 35.8 Å². The summed E-state index contributed by atoms with van der Waals surface area (Å²) in [5.74, 6) is -0.597. The van der Waals surface area contributed by atoms with Crippen molar-refractivity contribution in [3.8, 4) is 0 Å². The highest BCUT2D eigenvalue weighted by atomic mass is 35.5. The van der Waals surface area contributed by atoms with Gasteiger partial charge in [-0.2, -0.15) is 0 Å². The van der Waals surface area contributed by atoms with Crippen LogP contribution in [0.4, 0.5) is 5.69 Å². The second kappa shape index (κ2) is 10.9. The largest absolute Gasteiger partial charge is 0.368 e. The molecule has 0 saturated carbocycles. The van der Waals surface area contributed by atoms with E-state index in [0.29, 0.717) is 42.2 Å². The van der Waals surface area contributed by atoms with E-state index < -0.39 is 0 Å². The second-order valence-corrected chi connectivity index (χ2v) is 8.08. The first-order valence-corrected chi connectivity index (χ1v) is 10.8. The van der Waals surface area contributed by atoms with E-state index >= 15 is 0 Å². The number of halogens is 1. The molecular weight excluding hydrogens is 416 g/mol. The number of amides is 3. The van der Waals surface area contributed by atoms with Gasteiger partial charge in [-0.05, 0) is 67.8 Å². The number of carbonyl (C=O) groups is 3. The number of anilines is 1. The minimum atomic E-state index is -0.287. The number of carbonyl (C=O) groups excluding carboxylic acids is 3. The quantitative estimate of drug-likeness (QED) is 0.519. The fourth-order valence-corrected chi connectivity index (χ4v) is 3.82. The lowest BCUT2D eigenvalue weighted by Gasteiger charge is -2.22. The zero-order chi connectivity index (χ0) is 22.2. The minimum Gasteiger partial charge on any atom is -0.368 e. The second-order valence-electron chi connectivity index (χ2n) is 7.65. The lowest BCUT2D eigenvalue weighted by atomic mass is 10.1. The predicted molar refractivity (Wildman–Crippen MR) is 121 cm³/mol. The van der Waals surface area contributed by atoms with Gasteiger partial charge < -0.3 is 16.4 Å². The minimum absolute atomic E-state index is 0.117. The zero-order valence-corrected chi connectivity index (χ0v) is 18.0. The average Bonchev–Trinajstić information content (AvgIpc) is 3.20. The van der Waals surface area contributed by atoms with Crippen molar-refractivity contribution in [1.29, 1.82) is 0 Å². The molecule has 7 nitrogen and oxygen atoms in total. The topological polar surface area (TPSA) is 105 Å². The zero-order valence-electron chi connectivity index (χ0n) is 17.3. The lowest BCUT2D eigenvalue weighted by Crippen LogP contribution is -2.39. The van der Waals surface area contributed by atoms with Gasteiger partial charge in [-0.25, -0.2) is 0 Å². The van der Waals surface area contributed by atoms with Crippen LogP contribution >= 0.6 is 11.6 Å². The summed E-state index contributed by atoms with van der Waals surface area (Å²) in [6.45, 7) is 1.86. The van der Waals surface area contributed by atoms with Gasteiger partial charge >= 0.3 is 0 Å². The van der Waals surface area contributed by atoms with Crippen molar-refractivity contribution >= 4 is 35.0 Å². The molecule has 1 aliphatic heterocycles. The third-order valence-electron chi connectivity index (χ3n) is 5.26. The molecule has 164 valence electrons. The van der Waals surface area contributed by atoms with E-state index in [1.54, 1.807) is 24.3 Å². The molecule has 8 heteroatoms. The van der Waals surface area contributed by atoms with Crippen molar-refractivity contribution < 1.29 is 14.4 Å². The summed E-state index contributed by atoms with van der Waals surface area (Å²) in [6.07, 6.45) is 2.57. The molecule has 31 heavy (non-hydrogen) atoms. The van der Waals surface area contributed by atoms with Crippen LogP contribution in [0.25, 0.3) is 0 Å². The maximum atomic E-state index is 12.3. The van der Waals surface area contributed by atoms with Gasteiger partial charge in [0.1, 0.15) is 0 Å². The van der Waals surface area contributed by atoms with E-state index in [1.165, 1.54) is 0 Å². The standard InChI is InChI=1S/C23H27ClN4O3/c24-18-10-8-17(9-11-18)23(31)26-12-2-7-21(29)27-19-5-1-4-16(14-19)15-28-13-3-6-20(28)22(25)30/h1,4-5,8-11,14,20H,2-3,6-7,12-13,15H2,(H2,25,30)(H,26,31)(H,27,29). The number of primary amides is 1. The van der Waals surface area contributed by atoms with Crippen molar-refractivity contribution in [3.63, 3.8) is 0 Å². The SMILES string of the molecule is NC(=O)C1CCCN1Cc1cccc(NC(=O)CCCNC(=O)c2ccc(Cl)cc2)c1. The van der Waals surface area contributed by atoms with Crippen molar-refractivity contribution in [2.24, 2.45) is 5.73 Å². The Bertz CT molecular complexity index is 933. The molecule has 2 aromatic rings. The van der Waals surface area contributed by atoms with Gasteiger partial charge in [-0.1, -0.05) is 23.7 Å². The first kappa shape index (κ1) is 22.8. The number of rotatable bonds is 9. The molecule has 0 bridgehead atoms. The Morgan fingerprint density at radius 2 is 1.90 bits per heavy atom. The number of nitrogens with one attached hydrogen (secondary N) is 2. The summed E-state index contributed by atoms with van der Waals surface area (Å²) in [6, 6.07) is 14.0. The number of nitrogens with zero attached hydrogens (tertiary/aromatic N) is 1. The van der Waals surface area contributed by atoms with Crippen LogP contribution < -0.4 is 16.4 Å². The Morgan fingerprint density at radius 3 is 2.65 bits per heavy atom. The monoisotopic (exact) mass is 442 g/mol. The van der Waals surface area contributed by atoms with E-state index in [0.717, 1.165) is 24.9 Å². The fraction of sp³-hybridized carbons (Fsp3) is 0.348. The van der Waals surface area contributed by atoms with E-state index in [9.17, 15) is 14.4 Å². The molecule has 1 fully saturated rings. The summed E-state index contributed by atoms with van der Waals surface area (Å²) in [5, 5.41) is 6.26. The first-order valence-electron chi connectivity index (χ1n) is 10.4. The van der Waals surface area contributed by atoms with Crippen LogP contribution in [-0.2, 0) is 16.1 Å². The molecule has 1 saturated heterocycles. The number of hydrogen-bond donors (Lipinski definition) is 3. The Kier molecular flexibility index (Phi) is 8.03. The number of nitrogens with two attached hydrogens (primary N) is 1. The maximum absolute atomic E-state index is 12.3. The van der Waals surface area contributed by atoms with Gasteiger partial charge in [0.25, 0.3) is 5.91 Å². The Morgan fingerprint density at radius 1 is 1.13 bits per heavy atom. The first-order chi connectivity index (χ1) is 14.9. The van der Waals surface area contributed by atoms with Crippen LogP contribution in [0.15, 0.2) is 48.5 Å². The number of benzene rings is 2. The van der Waals surface area contributed by atoms with Crippen LogP contribution in [0.1, 0.15) is 41.6 Å². The van der Waals surface area contributed by atoms with Crippen molar-refractivity contribution in [1.82, 2.24) is 10.2 Å². The number of hydrogen-bond acceptors (Lipinski definition) is 4. The molecule has 3 amide bonds. The van der Waals surface area contributed by atoms with Crippen molar-refractivity contribution in [3.05, 3.63) is 64.7 Å². The average molecular weight is 443 g/mol. The van der Waals surface area contributed by atoms with Crippen LogP contribution in [0.3, 0.4) is 0 Å². The van der Waals surface area contributed by atoms with Gasteiger partial charge in [0.2, 0.25) is 11.8 Å². The van der Waals surface area contributed by atoms with Crippen molar-refractivity contribution in [2.75, 3.05) is 18.4 Å². The van der Waals surface area contributed by atoms with Crippen LogP contribution in [0, 0.1) is 0 Å². The Balaban J connectivity index is 1.42. The van der Waals surface area contributed by atoms with Crippen LogP contribution in [0.5, 0.6) is 0 Å². The molecule has 1 atom stereocenters. The molecule has 0 aromatic heterocycles. The van der Waals surface area contributed by atoms with Crippen LogP contribution in [-0.4, -0.2) is 41.8 Å². The summed E-state index contributed by atoms with van der Waals surface area (Å²) in [7, 11) is 0.